The molecule has 24 heavy (non-hydrogen) atoms. The van der Waals surface area contributed by atoms with Crippen molar-refractivity contribution in [1.29, 1.82) is 0 Å². The number of aromatic nitrogens is 2. The quantitative estimate of drug-likeness (QED) is 0.672. The van der Waals surface area contributed by atoms with E-state index in [4.69, 9.17) is 0 Å². The van der Waals surface area contributed by atoms with Gasteiger partial charge in [0, 0.05) is 17.8 Å². The number of rotatable bonds is 2. The predicted octanol–water partition coefficient (Wildman–Crippen LogP) is 1.82. The standard InChI is InChI=1S/C18H16N4O2/c23-17(12-4-5-13-16(8-12)20-10-21-18(13)24)22-15-3-1-2-11-6-7-19-9-14(11)15/h1-5,8,10,19H,6-7,9H2,(H,22,23)(H,20,21,24). The summed E-state index contributed by atoms with van der Waals surface area (Å²) < 4.78 is 0. The zero-order chi connectivity index (χ0) is 16.5. The van der Waals surface area contributed by atoms with E-state index >= 15 is 0 Å². The molecule has 3 aromatic rings. The number of benzene rings is 2. The Hall–Kier alpha value is -2.99. The average Bonchev–Trinajstić information content (AvgIpc) is 2.62. The molecule has 0 unspecified atom stereocenters. The van der Waals surface area contributed by atoms with Gasteiger partial charge in [0.2, 0.25) is 0 Å². The van der Waals surface area contributed by atoms with Crippen LogP contribution in [0.1, 0.15) is 21.5 Å². The van der Waals surface area contributed by atoms with Crippen molar-refractivity contribution in [3.8, 4) is 0 Å². The summed E-state index contributed by atoms with van der Waals surface area (Å²) in [5, 5.41) is 6.77. The number of nitrogens with zero attached hydrogens (tertiary/aromatic N) is 1. The largest absolute Gasteiger partial charge is 0.322 e. The second-order valence-electron chi connectivity index (χ2n) is 5.79. The van der Waals surface area contributed by atoms with Gasteiger partial charge < -0.3 is 15.6 Å². The van der Waals surface area contributed by atoms with E-state index in [0.717, 1.165) is 30.8 Å². The molecule has 2 heterocycles. The molecule has 0 saturated carbocycles. The second kappa shape index (κ2) is 5.90. The molecule has 1 aliphatic rings. The summed E-state index contributed by atoms with van der Waals surface area (Å²) >= 11 is 0. The van der Waals surface area contributed by atoms with Gasteiger partial charge in [0.1, 0.15) is 0 Å². The first-order valence-corrected chi connectivity index (χ1v) is 7.82. The Morgan fingerprint density at radius 2 is 2.12 bits per heavy atom. The van der Waals surface area contributed by atoms with Gasteiger partial charge in [-0.15, -0.1) is 0 Å². The number of aromatic amines is 1. The molecule has 1 aliphatic heterocycles. The van der Waals surface area contributed by atoms with E-state index in [0.29, 0.717) is 16.5 Å². The van der Waals surface area contributed by atoms with Crippen LogP contribution in [0.4, 0.5) is 5.69 Å². The number of fused-ring (bicyclic) bond motifs is 2. The van der Waals surface area contributed by atoms with Crippen molar-refractivity contribution in [1.82, 2.24) is 15.3 Å². The number of anilines is 1. The first-order valence-electron chi connectivity index (χ1n) is 7.82. The van der Waals surface area contributed by atoms with Crippen LogP contribution in [-0.2, 0) is 13.0 Å². The highest BCUT2D eigenvalue weighted by Crippen LogP contribution is 2.23. The molecule has 0 radical (unpaired) electrons. The van der Waals surface area contributed by atoms with E-state index in [2.05, 4.69) is 26.7 Å². The normalized spacial score (nSPS) is 13.5. The van der Waals surface area contributed by atoms with Gasteiger partial charge in [-0.2, -0.15) is 0 Å². The Morgan fingerprint density at radius 3 is 3.04 bits per heavy atom. The van der Waals surface area contributed by atoms with Crippen LogP contribution in [0.5, 0.6) is 0 Å². The highest BCUT2D eigenvalue weighted by molar-refractivity contribution is 6.06. The molecule has 6 nitrogen and oxygen atoms in total. The van der Waals surface area contributed by atoms with E-state index in [-0.39, 0.29) is 11.5 Å². The Morgan fingerprint density at radius 1 is 1.21 bits per heavy atom. The van der Waals surface area contributed by atoms with Crippen molar-refractivity contribution in [2.45, 2.75) is 13.0 Å². The number of nitrogens with one attached hydrogen (secondary N) is 3. The molecule has 0 bridgehead atoms. The van der Waals surface area contributed by atoms with Gasteiger partial charge in [-0.1, -0.05) is 12.1 Å². The van der Waals surface area contributed by atoms with E-state index in [1.165, 1.54) is 11.9 Å². The van der Waals surface area contributed by atoms with E-state index in [9.17, 15) is 9.59 Å². The van der Waals surface area contributed by atoms with Crippen LogP contribution in [0.2, 0.25) is 0 Å². The molecule has 0 aliphatic carbocycles. The first-order chi connectivity index (χ1) is 11.7. The lowest BCUT2D eigenvalue weighted by molar-refractivity contribution is 0.102. The third-order valence-electron chi connectivity index (χ3n) is 4.30. The maximum Gasteiger partial charge on any atom is 0.258 e. The Labute approximate surface area is 137 Å². The third-order valence-corrected chi connectivity index (χ3v) is 4.30. The van der Waals surface area contributed by atoms with Crippen molar-refractivity contribution < 1.29 is 4.79 Å². The van der Waals surface area contributed by atoms with Crippen molar-refractivity contribution in [3.63, 3.8) is 0 Å². The minimum absolute atomic E-state index is 0.210. The molecule has 6 heteroatoms. The summed E-state index contributed by atoms with van der Waals surface area (Å²) in [6.07, 6.45) is 2.30. The summed E-state index contributed by atoms with van der Waals surface area (Å²) in [5.74, 6) is -0.210. The number of hydrogen-bond donors (Lipinski definition) is 3. The molecule has 0 fully saturated rings. The monoisotopic (exact) mass is 320 g/mol. The summed E-state index contributed by atoms with van der Waals surface area (Å²) in [7, 11) is 0. The van der Waals surface area contributed by atoms with Crippen LogP contribution >= 0.6 is 0 Å². The molecular weight excluding hydrogens is 304 g/mol. The third kappa shape index (κ3) is 2.57. The molecule has 4 rings (SSSR count). The van der Waals surface area contributed by atoms with Gasteiger partial charge >= 0.3 is 0 Å². The fourth-order valence-electron chi connectivity index (χ4n) is 3.04. The van der Waals surface area contributed by atoms with Crippen LogP contribution in [0.25, 0.3) is 10.9 Å². The van der Waals surface area contributed by atoms with Crippen molar-refractivity contribution in [3.05, 3.63) is 69.8 Å². The maximum atomic E-state index is 12.6. The van der Waals surface area contributed by atoms with Crippen LogP contribution in [-0.4, -0.2) is 22.4 Å². The van der Waals surface area contributed by atoms with Crippen LogP contribution in [0.15, 0.2) is 47.5 Å². The Bertz CT molecular complexity index is 994. The molecule has 2 aromatic carbocycles. The lowest BCUT2D eigenvalue weighted by Gasteiger charge is -2.20. The second-order valence-corrected chi connectivity index (χ2v) is 5.79. The minimum Gasteiger partial charge on any atom is -0.322 e. The predicted molar refractivity (Wildman–Crippen MR) is 92.2 cm³/mol. The van der Waals surface area contributed by atoms with Crippen molar-refractivity contribution in [2.75, 3.05) is 11.9 Å². The summed E-state index contributed by atoms with van der Waals surface area (Å²) in [4.78, 5) is 30.9. The number of H-pyrrole nitrogens is 1. The zero-order valence-corrected chi connectivity index (χ0v) is 12.9. The Kier molecular flexibility index (Phi) is 3.59. The van der Waals surface area contributed by atoms with Gasteiger partial charge in [-0.3, -0.25) is 9.59 Å². The molecule has 0 atom stereocenters. The summed E-state index contributed by atoms with van der Waals surface area (Å²) in [5.41, 5.74) is 3.98. The topological polar surface area (TPSA) is 86.9 Å². The smallest absolute Gasteiger partial charge is 0.258 e. The van der Waals surface area contributed by atoms with Gasteiger partial charge in [0.05, 0.1) is 17.2 Å². The lowest BCUT2D eigenvalue weighted by Crippen LogP contribution is -2.25. The fraction of sp³-hybridized carbons (Fsp3) is 0.167. The number of carbonyl (C=O) groups is 1. The minimum atomic E-state index is -0.213. The Balaban J connectivity index is 1.66. The highest BCUT2D eigenvalue weighted by atomic mass is 16.1. The van der Waals surface area contributed by atoms with Crippen molar-refractivity contribution in [2.24, 2.45) is 0 Å². The molecule has 1 aromatic heterocycles. The van der Waals surface area contributed by atoms with Gasteiger partial charge in [-0.05, 0) is 48.4 Å². The molecular formula is C18H16N4O2. The highest BCUT2D eigenvalue weighted by Gasteiger charge is 2.15. The molecule has 3 N–H and O–H groups in total. The average molecular weight is 320 g/mol. The van der Waals surface area contributed by atoms with E-state index in [1.54, 1.807) is 18.2 Å². The van der Waals surface area contributed by atoms with Crippen LogP contribution in [0.3, 0.4) is 0 Å². The van der Waals surface area contributed by atoms with E-state index < -0.39 is 0 Å². The molecule has 120 valence electrons. The van der Waals surface area contributed by atoms with Gasteiger partial charge in [-0.25, -0.2) is 4.98 Å². The number of amides is 1. The fourth-order valence-corrected chi connectivity index (χ4v) is 3.04. The molecule has 0 spiro atoms. The van der Waals surface area contributed by atoms with Crippen LogP contribution in [0, 0.1) is 0 Å². The van der Waals surface area contributed by atoms with Crippen molar-refractivity contribution >= 4 is 22.5 Å². The zero-order valence-electron chi connectivity index (χ0n) is 12.9. The lowest BCUT2D eigenvalue weighted by atomic mass is 9.99. The maximum absolute atomic E-state index is 12.6. The molecule has 1 amide bonds. The van der Waals surface area contributed by atoms with Gasteiger partial charge in [0.15, 0.2) is 0 Å². The number of carbonyl (C=O) groups excluding carboxylic acids is 1. The number of hydrogen-bond acceptors (Lipinski definition) is 4. The molecule has 0 saturated heterocycles. The summed E-state index contributed by atoms with van der Waals surface area (Å²) in [6.45, 7) is 1.70. The van der Waals surface area contributed by atoms with E-state index in [1.807, 2.05) is 12.1 Å². The first kappa shape index (κ1) is 14.6. The SMILES string of the molecule is O=C(Nc1cccc2c1CNCC2)c1ccc2c(=O)[nH]cnc2c1. The van der Waals surface area contributed by atoms with Crippen LogP contribution < -0.4 is 16.2 Å². The summed E-state index contributed by atoms with van der Waals surface area (Å²) in [6, 6.07) is 10.9. The van der Waals surface area contributed by atoms with Gasteiger partial charge in [0.25, 0.3) is 11.5 Å².